The molecule has 2 aliphatic heterocycles. The van der Waals surface area contributed by atoms with Crippen LogP contribution >= 0.6 is 0 Å². The summed E-state index contributed by atoms with van der Waals surface area (Å²) in [5.41, 5.74) is 27.7. The summed E-state index contributed by atoms with van der Waals surface area (Å²) in [6, 6.07) is 109. The molecule has 0 atom stereocenters. The van der Waals surface area contributed by atoms with E-state index in [4.69, 9.17) is 4.11 Å². The van der Waals surface area contributed by atoms with Crippen LogP contribution in [0.1, 0.15) is 91.3 Å². The van der Waals surface area contributed by atoms with Gasteiger partial charge in [-0.2, -0.15) is 0 Å². The second-order valence-electron chi connectivity index (χ2n) is 33.6. The summed E-state index contributed by atoms with van der Waals surface area (Å²) in [5.74, 6) is 0. The number of para-hydroxylation sites is 3. The summed E-state index contributed by atoms with van der Waals surface area (Å²) in [6.45, 7) is 20.1. The molecule has 0 spiro atoms. The molecule has 0 fully saturated rings. The summed E-state index contributed by atoms with van der Waals surface area (Å²) < 4.78 is 88.9. The molecule has 0 saturated carbocycles. The summed E-state index contributed by atoms with van der Waals surface area (Å²) in [5, 5.41) is 3.07. The molecule has 4 heterocycles. The smallest absolute Gasteiger partial charge is 0.252 e. The van der Waals surface area contributed by atoms with Gasteiger partial charge in [0.1, 0.15) is 0 Å². The summed E-state index contributed by atoms with van der Waals surface area (Å²) in [6.07, 6.45) is 0. The SMILES string of the molecule is [2H]c1c([2H])c([2H])c(N(c2ccccc2)c2ccc3c(c2)c2c([2H])c([2H])c([2H])c([2H])c2n3-c2ccc3c(c2)N(c2cc(-c4ccccc4)cc(-c4ccccc4)c2)c2cc(-c4cccc(C(C)(C)C)c4)cc4c2B3c2ccc(-n3c5ccc(C(C)(C)C)cc5c5cc(C(C)(C)C)ccc53)cc2N4c2cc(-c3ccccc3)cc(-c3ccccc3)c2)c([2H])c1[2H]. The molecule has 114 heavy (non-hydrogen) atoms. The quantitative estimate of drug-likeness (QED) is 0.114. The Labute approximate surface area is 682 Å². The van der Waals surface area contributed by atoms with Crippen molar-refractivity contribution in [3.05, 3.63) is 387 Å². The van der Waals surface area contributed by atoms with Gasteiger partial charge in [-0.05, 0) is 250 Å². The average Bonchev–Trinajstić information content (AvgIpc) is 1.07. The highest BCUT2D eigenvalue weighted by Gasteiger charge is 2.45. The minimum absolute atomic E-state index is 0.0791. The van der Waals surface area contributed by atoms with E-state index in [1.165, 1.54) is 27.5 Å². The molecule has 0 N–H and O–H groups in total. The van der Waals surface area contributed by atoms with Crippen molar-refractivity contribution in [1.82, 2.24) is 9.13 Å². The van der Waals surface area contributed by atoms with Crippen LogP contribution in [0.4, 0.5) is 51.2 Å². The fraction of sp³-hybridized carbons (Fsp3) is 0.111. The molecule has 6 heteroatoms. The van der Waals surface area contributed by atoms with Crippen LogP contribution < -0.4 is 31.1 Å². The highest BCUT2D eigenvalue weighted by Crippen LogP contribution is 2.52. The molecule has 0 unspecified atom stereocenters. The van der Waals surface area contributed by atoms with E-state index in [-0.39, 0.29) is 44.9 Å². The first-order chi connectivity index (χ1) is 59.1. The van der Waals surface area contributed by atoms with E-state index < -0.39 is 49.0 Å². The van der Waals surface area contributed by atoms with Gasteiger partial charge in [0.05, 0.1) is 34.4 Å². The lowest BCUT2D eigenvalue weighted by Gasteiger charge is -2.45. The van der Waals surface area contributed by atoms with Gasteiger partial charge in [-0.1, -0.05) is 287 Å². The van der Waals surface area contributed by atoms with Crippen molar-refractivity contribution in [2.24, 2.45) is 0 Å². The highest BCUT2D eigenvalue weighted by atomic mass is 15.2. The van der Waals surface area contributed by atoms with Crippen molar-refractivity contribution < 1.29 is 12.3 Å². The second kappa shape index (κ2) is 27.2. The van der Waals surface area contributed by atoms with Crippen molar-refractivity contribution in [3.63, 3.8) is 0 Å². The number of anilines is 9. The van der Waals surface area contributed by atoms with Crippen LogP contribution in [0.25, 0.3) is 111 Å². The molecule has 16 aromatic carbocycles. The van der Waals surface area contributed by atoms with Gasteiger partial charge < -0.3 is 23.8 Å². The summed E-state index contributed by atoms with van der Waals surface area (Å²) in [7, 11) is 0. The molecule has 0 aliphatic carbocycles. The Morgan fingerprint density at radius 1 is 0.254 bits per heavy atom. The number of nitrogens with zero attached hydrogens (tertiary/aromatic N) is 5. The third kappa shape index (κ3) is 12.1. The zero-order chi connectivity index (χ0) is 85.1. The Bertz CT molecular complexity index is 7160. The molecule has 548 valence electrons. The molecule has 0 radical (unpaired) electrons. The molecule has 2 aromatic heterocycles. The van der Waals surface area contributed by atoms with Crippen LogP contribution in [0.2, 0.25) is 0 Å². The van der Waals surface area contributed by atoms with Gasteiger partial charge in [0.25, 0.3) is 6.71 Å². The molecule has 20 rings (SSSR count). The van der Waals surface area contributed by atoms with E-state index in [1.807, 2.05) is 53.1 Å². The predicted octanol–water partition coefficient (Wildman–Crippen LogP) is 27.7. The van der Waals surface area contributed by atoms with Crippen LogP contribution in [0, 0.1) is 0 Å². The van der Waals surface area contributed by atoms with Crippen molar-refractivity contribution in [3.8, 4) is 67.0 Å². The van der Waals surface area contributed by atoms with E-state index in [9.17, 15) is 8.22 Å². The van der Waals surface area contributed by atoms with E-state index in [0.717, 1.165) is 123 Å². The zero-order valence-electron chi connectivity index (χ0n) is 74.3. The third-order valence-electron chi connectivity index (χ3n) is 23.3. The van der Waals surface area contributed by atoms with Gasteiger partial charge in [-0.15, -0.1) is 0 Å². The van der Waals surface area contributed by atoms with Crippen LogP contribution in [0.3, 0.4) is 0 Å². The number of hydrogen-bond acceptors (Lipinski definition) is 3. The van der Waals surface area contributed by atoms with Crippen LogP contribution in [-0.2, 0) is 16.2 Å². The minimum atomic E-state index is -0.526. The normalized spacial score (nSPS) is 13.8. The van der Waals surface area contributed by atoms with Gasteiger partial charge in [0, 0.05) is 84.1 Å². The maximum Gasteiger partial charge on any atom is 0.252 e. The molecule has 2 aliphatic rings. The third-order valence-corrected chi connectivity index (χ3v) is 23.3. The Hall–Kier alpha value is -13.4. The Kier molecular flexibility index (Phi) is 14.4. The number of aromatic nitrogens is 2. The average molecular weight is 1480 g/mol. The maximum absolute atomic E-state index is 10.2. The zero-order valence-corrected chi connectivity index (χ0v) is 65.3. The standard InChI is InChI=1S/C108H88BN5/c1-106(2,3)81-40-30-39-75(59-81)80-64-103-105-104(65-80)114(90-62-78(73-35-20-12-21-36-73)58-79(63-90)74-37-22-13-23-38-74)102-70-88(112-98-54-47-82(107(4,5)6)66-92(98)93-67-83(108(7,8)9)48-55-99(93)112)50-53-96(102)109(105)95-52-49-87(69-101(95)113(103)89-60-76(71-31-16-10-17-32-71)57-77(61-89)72-33-18-11-19-34-72)111-97-46-29-28-45-91(97)94-68-86(51-56-100(94)111)110(84-41-24-14-25-42-84)85-43-26-15-27-44-85/h10-70H,1-9H3/i14D,24D,25D,28D,29D,41D,42D,45D,46D. The van der Waals surface area contributed by atoms with Crippen molar-refractivity contribution in [2.45, 2.75) is 78.6 Å². The molecular formula is C108H88BN5. The highest BCUT2D eigenvalue weighted by molar-refractivity contribution is 7.00. The first-order valence-electron chi connectivity index (χ1n) is 43.9. The molecule has 0 bridgehead atoms. The van der Waals surface area contributed by atoms with Gasteiger partial charge in [0.2, 0.25) is 0 Å². The Morgan fingerprint density at radius 2 is 0.649 bits per heavy atom. The first-order valence-corrected chi connectivity index (χ1v) is 39.4. The number of rotatable bonds is 12. The minimum Gasteiger partial charge on any atom is -0.311 e. The Balaban J connectivity index is 0.926. The second-order valence-corrected chi connectivity index (χ2v) is 33.6. The van der Waals surface area contributed by atoms with Crippen molar-refractivity contribution in [1.29, 1.82) is 0 Å². The Morgan fingerprint density at radius 3 is 1.11 bits per heavy atom. The van der Waals surface area contributed by atoms with E-state index in [0.29, 0.717) is 28.0 Å². The number of fused-ring (bicyclic) bond motifs is 10. The van der Waals surface area contributed by atoms with Gasteiger partial charge in [0.15, 0.2) is 0 Å². The van der Waals surface area contributed by atoms with Crippen LogP contribution in [0.15, 0.2) is 370 Å². The molecule has 0 amide bonds. The largest absolute Gasteiger partial charge is 0.311 e. The van der Waals surface area contributed by atoms with E-state index >= 15 is 0 Å². The molecule has 0 saturated heterocycles. The topological polar surface area (TPSA) is 19.6 Å². The first kappa shape index (κ1) is 60.3. The van der Waals surface area contributed by atoms with Crippen LogP contribution in [0.5, 0.6) is 0 Å². The molecular weight excluding hydrogens is 1380 g/mol. The van der Waals surface area contributed by atoms with Gasteiger partial charge in [-0.3, -0.25) is 0 Å². The van der Waals surface area contributed by atoms with E-state index in [1.54, 1.807) is 4.90 Å². The summed E-state index contributed by atoms with van der Waals surface area (Å²) in [4.78, 5) is 6.64. The van der Waals surface area contributed by atoms with Gasteiger partial charge >= 0.3 is 0 Å². The molecule has 5 nitrogen and oxygen atoms in total. The fourth-order valence-electron chi connectivity index (χ4n) is 17.5. The predicted molar refractivity (Wildman–Crippen MR) is 487 cm³/mol. The lowest BCUT2D eigenvalue weighted by atomic mass is 9.33. The lowest BCUT2D eigenvalue weighted by Crippen LogP contribution is -2.61. The number of benzene rings is 16. The van der Waals surface area contributed by atoms with E-state index in [2.05, 4.69) is 344 Å². The lowest BCUT2D eigenvalue weighted by molar-refractivity contribution is 0.590. The van der Waals surface area contributed by atoms with Gasteiger partial charge in [-0.25, -0.2) is 0 Å². The summed E-state index contributed by atoms with van der Waals surface area (Å²) >= 11 is 0. The van der Waals surface area contributed by atoms with Crippen molar-refractivity contribution in [2.75, 3.05) is 14.7 Å². The molecule has 18 aromatic rings. The van der Waals surface area contributed by atoms with Crippen molar-refractivity contribution >= 4 is 118 Å². The van der Waals surface area contributed by atoms with Crippen LogP contribution in [-0.4, -0.2) is 15.8 Å². The maximum atomic E-state index is 10.2. The monoisotopic (exact) mass is 1470 g/mol. The fourth-order valence-corrected chi connectivity index (χ4v) is 17.5. The number of hydrogen-bond donors (Lipinski definition) is 0.